The van der Waals surface area contributed by atoms with E-state index in [4.69, 9.17) is 15.9 Å². The largest absolute Gasteiger partial charge is 0.490 e. The molecule has 1 aliphatic rings. The Labute approximate surface area is 219 Å². The number of aromatic nitrogens is 5. The first kappa shape index (κ1) is 23.5. The molecule has 2 N–H and O–H groups in total. The Morgan fingerprint density at radius 1 is 1.13 bits per heavy atom. The van der Waals surface area contributed by atoms with Crippen molar-refractivity contribution in [2.45, 2.75) is 13.5 Å². The van der Waals surface area contributed by atoms with Crippen LogP contribution in [0.1, 0.15) is 17.0 Å². The monoisotopic (exact) mass is 504 g/mol. The average molecular weight is 505 g/mol. The lowest BCUT2D eigenvalue weighted by molar-refractivity contribution is 0.201. The summed E-state index contributed by atoms with van der Waals surface area (Å²) in [5, 5.41) is 13.8. The summed E-state index contributed by atoms with van der Waals surface area (Å²) in [7, 11) is 1.95. The lowest BCUT2D eigenvalue weighted by Crippen LogP contribution is -2.06. The number of terminal acetylenes is 1. The molecule has 0 radical (unpaired) electrons. The first-order valence-corrected chi connectivity index (χ1v) is 12.1. The molecule has 1 aromatic carbocycles. The van der Waals surface area contributed by atoms with Gasteiger partial charge in [0.25, 0.3) is 0 Å². The van der Waals surface area contributed by atoms with Crippen LogP contribution in [0.5, 0.6) is 17.4 Å². The summed E-state index contributed by atoms with van der Waals surface area (Å²) in [5.41, 5.74) is 6.65. The molecule has 0 atom stereocenters. The predicted octanol–water partition coefficient (Wildman–Crippen LogP) is 4.47. The number of hydrogen-bond donors (Lipinski definition) is 2. The van der Waals surface area contributed by atoms with Crippen molar-refractivity contribution < 1.29 is 14.6 Å². The van der Waals surface area contributed by atoms with E-state index in [1.54, 1.807) is 18.6 Å². The molecule has 9 heteroatoms. The van der Waals surface area contributed by atoms with Gasteiger partial charge in [-0.25, -0.2) is 19.9 Å². The fourth-order valence-corrected chi connectivity index (χ4v) is 4.83. The number of aliphatic hydroxyl groups is 1. The molecule has 5 heterocycles. The van der Waals surface area contributed by atoms with Crippen LogP contribution in [-0.2, 0) is 13.6 Å². The molecule has 5 aromatic rings. The van der Waals surface area contributed by atoms with E-state index in [9.17, 15) is 5.11 Å². The summed E-state index contributed by atoms with van der Waals surface area (Å²) >= 11 is 0. The van der Waals surface area contributed by atoms with Crippen LogP contribution in [-0.4, -0.2) is 42.8 Å². The minimum absolute atomic E-state index is 0.122. The SMILES string of the molecule is C#Cc1cc(OCCO)c(-c2c3c4c(ncnc4n2C)NCc2cc(Oc4cccc(C)n4)ccc2-3)cn1. The maximum atomic E-state index is 9.42. The third kappa shape index (κ3) is 3.97. The fraction of sp³-hybridized carbons (Fsp3) is 0.172. The first-order valence-electron chi connectivity index (χ1n) is 12.1. The Hall–Kier alpha value is -4.94. The third-order valence-electron chi connectivity index (χ3n) is 6.46. The van der Waals surface area contributed by atoms with Crippen molar-refractivity contribution in [1.82, 2.24) is 24.5 Å². The summed E-state index contributed by atoms with van der Waals surface area (Å²) in [6.07, 6.45) is 8.87. The second-order valence-corrected chi connectivity index (χ2v) is 8.88. The van der Waals surface area contributed by atoms with Gasteiger partial charge >= 0.3 is 0 Å². The number of aryl methyl sites for hydroxylation is 2. The molecule has 6 rings (SSSR count). The molecule has 38 heavy (non-hydrogen) atoms. The quantitative estimate of drug-likeness (QED) is 0.326. The van der Waals surface area contributed by atoms with Gasteiger partial charge in [0, 0.05) is 43.2 Å². The highest BCUT2D eigenvalue weighted by molar-refractivity contribution is 6.10. The molecule has 1 aliphatic heterocycles. The van der Waals surface area contributed by atoms with E-state index in [1.807, 2.05) is 54.9 Å². The minimum Gasteiger partial charge on any atom is -0.490 e. The van der Waals surface area contributed by atoms with Gasteiger partial charge in [-0.05, 0) is 36.2 Å². The molecule has 0 amide bonds. The summed E-state index contributed by atoms with van der Waals surface area (Å²) in [6.45, 7) is 2.46. The summed E-state index contributed by atoms with van der Waals surface area (Å²) in [6, 6.07) is 13.4. The number of nitrogens with one attached hydrogen (secondary N) is 1. The molecule has 9 nitrogen and oxygen atoms in total. The van der Waals surface area contributed by atoms with E-state index in [2.05, 4.69) is 31.2 Å². The number of benzene rings is 1. The number of pyridine rings is 2. The zero-order chi connectivity index (χ0) is 26.2. The van der Waals surface area contributed by atoms with Gasteiger partial charge in [0.05, 0.1) is 23.3 Å². The number of rotatable bonds is 6. The van der Waals surface area contributed by atoms with Gasteiger partial charge in [-0.15, -0.1) is 6.42 Å². The van der Waals surface area contributed by atoms with Crippen LogP contribution in [0.2, 0.25) is 0 Å². The number of fused-ring (bicyclic) bond motifs is 2. The fourth-order valence-electron chi connectivity index (χ4n) is 4.83. The first-order chi connectivity index (χ1) is 18.6. The van der Waals surface area contributed by atoms with Crippen LogP contribution in [0.15, 0.2) is 55.0 Å². The summed E-state index contributed by atoms with van der Waals surface area (Å²) < 4.78 is 14.0. The van der Waals surface area contributed by atoms with Crippen LogP contribution in [0.4, 0.5) is 5.82 Å². The normalized spacial score (nSPS) is 11.8. The molecule has 4 aromatic heterocycles. The van der Waals surface area contributed by atoms with Crippen molar-refractivity contribution in [1.29, 1.82) is 0 Å². The van der Waals surface area contributed by atoms with Crippen LogP contribution < -0.4 is 14.8 Å². The summed E-state index contributed by atoms with van der Waals surface area (Å²) in [5.74, 6) is 5.04. The number of aliphatic hydroxyl groups excluding tert-OH is 1. The Balaban J connectivity index is 1.56. The van der Waals surface area contributed by atoms with E-state index >= 15 is 0 Å². The molecule has 0 aliphatic carbocycles. The van der Waals surface area contributed by atoms with Crippen LogP contribution in [0, 0.1) is 19.3 Å². The van der Waals surface area contributed by atoms with Gasteiger partial charge in [0.2, 0.25) is 5.88 Å². The van der Waals surface area contributed by atoms with Gasteiger partial charge in [0.1, 0.15) is 41.6 Å². The predicted molar refractivity (Wildman–Crippen MR) is 144 cm³/mol. The van der Waals surface area contributed by atoms with E-state index in [0.717, 1.165) is 50.5 Å². The highest BCUT2D eigenvalue weighted by Gasteiger charge is 2.28. The Morgan fingerprint density at radius 3 is 2.84 bits per heavy atom. The van der Waals surface area contributed by atoms with Crippen molar-refractivity contribution in [3.8, 4) is 52.1 Å². The lowest BCUT2D eigenvalue weighted by atomic mass is 9.95. The number of anilines is 1. The number of nitrogens with zero attached hydrogens (tertiary/aromatic N) is 5. The maximum absolute atomic E-state index is 9.42. The third-order valence-corrected chi connectivity index (χ3v) is 6.46. The van der Waals surface area contributed by atoms with E-state index in [1.165, 1.54) is 0 Å². The molecule has 0 bridgehead atoms. The molecule has 0 spiro atoms. The van der Waals surface area contributed by atoms with Gasteiger partial charge in [-0.2, -0.15) is 0 Å². The highest BCUT2D eigenvalue weighted by Crippen LogP contribution is 2.47. The maximum Gasteiger partial charge on any atom is 0.219 e. The minimum atomic E-state index is -0.129. The van der Waals surface area contributed by atoms with Crippen molar-refractivity contribution in [2.24, 2.45) is 7.05 Å². The lowest BCUT2D eigenvalue weighted by Gasteiger charge is -2.16. The second-order valence-electron chi connectivity index (χ2n) is 8.88. The van der Waals surface area contributed by atoms with Gasteiger partial charge in [0.15, 0.2) is 0 Å². The zero-order valence-corrected chi connectivity index (χ0v) is 20.9. The average Bonchev–Trinajstić information content (AvgIpc) is 3.12. The molecule has 0 saturated carbocycles. The molecule has 188 valence electrons. The highest BCUT2D eigenvalue weighted by atomic mass is 16.5. The van der Waals surface area contributed by atoms with Crippen molar-refractivity contribution in [2.75, 3.05) is 18.5 Å². The smallest absolute Gasteiger partial charge is 0.219 e. The standard InChI is InChI=1S/C29H24N6O3/c1-4-19-13-23(37-11-10-36)22(15-30-19)27-25-21-9-8-20(38-24-7-5-6-17(2)34-24)12-18(21)14-31-28-26(25)29(35(27)3)33-16-32-28/h1,5-9,12-13,15-16,36H,10-11,14H2,2-3H3,(H,31,32,33). The van der Waals surface area contributed by atoms with Crippen molar-refractivity contribution >= 4 is 16.9 Å². The van der Waals surface area contributed by atoms with Crippen LogP contribution in [0.25, 0.3) is 33.4 Å². The molecule has 0 saturated heterocycles. The molecule has 0 fully saturated rings. The number of ether oxygens (including phenoxy) is 2. The van der Waals surface area contributed by atoms with E-state index in [-0.39, 0.29) is 13.2 Å². The van der Waals surface area contributed by atoms with E-state index < -0.39 is 0 Å². The second kappa shape index (κ2) is 9.50. The van der Waals surface area contributed by atoms with Gasteiger partial charge < -0.3 is 24.5 Å². The topological polar surface area (TPSA) is 107 Å². The molecular formula is C29H24N6O3. The van der Waals surface area contributed by atoms with Crippen molar-refractivity contribution in [3.05, 3.63) is 71.9 Å². The van der Waals surface area contributed by atoms with Crippen molar-refractivity contribution in [3.63, 3.8) is 0 Å². The Kier molecular flexibility index (Phi) is 5.86. The number of hydrogen-bond acceptors (Lipinski definition) is 8. The zero-order valence-electron chi connectivity index (χ0n) is 20.9. The van der Waals surface area contributed by atoms with Gasteiger partial charge in [-0.1, -0.05) is 18.1 Å². The summed E-state index contributed by atoms with van der Waals surface area (Å²) in [4.78, 5) is 18.0. The van der Waals surface area contributed by atoms with Gasteiger partial charge in [-0.3, -0.25) is 0 Å². The van der Waals surface area contributed by atoms with Crippen LogP contribution in [0.3, 0.4) is 0 Å². The van der Waals surface area contributed by atoms with Crippen LogP contribution >= 0.6 is 0 Å². The van der Waals surface area contributed by atoms with E-state index in [0.29, 0.717) is 29.6 Å². The molecular weight excluding hydrogens is 480 g/mol. The molecule has 0 unspecified atom stereocenters. The Bertz CT molecular complexity index is 1740. The Morgan fingerprint density at radius 2 is 2.03 bits per heavy atom.